The molecule has 1 aromatic heterocycles. The molecular formula is C15H27N5. The second-order valence-electron chi connectivity index (χ2n) is 6.05. The van der Waals surface area contributed by atoms with Gasteiger partial charge in [0.1, 0.15) is 0 Å². The van der Waals surface area contributed by atoms with Crippen LogP contribution in [0.5, 0.6) is 0 Å². The maximum Gasteiger partial charge on any atom is 0.0492 e. The topological polar surface area (TPSA) is 36.3 Å². The highest BCUT2D eigenvalue weighted by Crippen LogP contribution is 2.20. The molecule has 0 aliphatic carbocycles. The van der Waals surface area contributed by atoms with Crippen LogP contribution in [0.25, 0.3) is 0 Å². The van der Waals surface area contributed by atoms with Gasteiger partial charge in [0, 0.05) is 63.7 Å². The average Bonchev–Trinajstić information content (AvgIpc) is 2.90. The summed E-state index contributed by atoms with van der Waals surface area (Å²) in [4.78, 5) is 5.32. The lowest BCUT2D eigenvalue weighted by atomic mass is 9.95. The van der Waals surface area contributed by atoms with Crippen LogP contribution in [0, 0.1) is 0 Å². The van der Waals surface area contributed by atoms with E-state index in [2.05, 4.69) is 33.2 Å². The summed E-state index contributed by atoms with van der Waals surface area (Å²) in [6, 6.07) is 3.42. The Kier molecular flexibility index (Phi) is 4.38. The number of fused-ring (bicyclic) bond motifs is 3. The zero-order valence-electron chi connectivity index (χ0n) is 12.8. The summed E-state index contributed by atoms with van der Waals surface area (Å²) in [5.41, 5.74) is 1.34. The van der Waals surface area contributed by atoms with E-state index < -0.39 is 0 Å². The van der Waals surface area contributed by atoms with Crippen LogP contribution < -0.4 is 5.32 Å². The van der Waals surface area contributed by atoms with Gasteiger partial charge >= 0.3 is 0 Å². The molecule has 1 N–H and O–H groups in total. The largest absolute Gasteiger partial charge is 0.313 e. The molecule has 5 heteroatoms. The SMILES string of the molecule is CCNC(CCc1ccnn1C)C1CN2CCN1CC2. The van der Waals surface area contributed by atoms with Crippen LogP contribution >= 0.6 is 0 Å². The first-order chi connectivity index (χ1) is 9.78. The summed E-state index contributed by atoms with van der Waals surface area (Å²) >= 11 is 0. The van der Waals surface area contributed by atoms with Gasteiger partial charge in [-0.3, -0.25) is 14.5 Å². The van der Waals surface area contributed by atoms with Crippen molar-refractivity contribution >= 4 is 0 Å². The molecule has 0 spiro atoms. The van der Waals surface area contributed by atoms with Gasteiger partial charge in [-0.15, -0.1) is 0 Å². The molecule has 0 aromatic carbocycles. The van der Waals surface area contributed by atoms with Crippen molar-refractivity contribution in [2.45, 2.75) is 31.8 Å². The fraction of sp³-hybridized carbons (Fsp3) is 0.800. The molecule has 4 heterocycles. The third kappa shape index (κ3) is 2.90. The Hall–Kier alpha value is -0.910. The Balaban J connectivity index is 1.62. The molecule has 3 aliphatic heterocycles. The van der Waals surface area contributed by atoms with Crippen molar-refractivity contribution in [2.75, 3.05) is 39.3 Å². The monoisotopic (exact) mass is 277 g/mol. The minimum absolute atomic E-state index is 0.595. The number of aryl methyl sites for hydroxylation is 2. The average molecular weight is 277 g/mol. The van der Waals surface area contributed by atoms with Gasteiger partial charge in [-0.1, -0.05) is 6.92 Å². The van der Waals surface area contributed by atoms with Crippen LogP contribution in [0.4, 0.5) is 0 Å². The van der Waals surface area contributed by atoms with Gasteiger partial charge < -0.3 is 5.32 Å². The molecule has 0 radical (unpaired) electrons. The van der Waals surface area contributed by atoms with Gasteiger partial charge in [0.15, 0.2) is 0 Å². The van der Waals surface area contributed by atoms with Gasteiger partial charge in [-0.05, 0) is 25.5 Å². The molecule has 2 unspecified atom stereocenters. The summed E-state index contributed by atoms with van der Waals surface area (Å²) in [6.07, 6.45) is 4.20. The molecule has 5 nitrogen and oxygen atoms in total. The predicted octanol–water partition coefficient (Wildman–Crippen LogP) is 0.331. The van der Waals surface area contributed by atoms with Gasteiger partial charge in [0.25, 0.3) is 0 Å². The van der Waals surface area contributed by atoms with Crippen molar-refractivity contribution in [2.24, 2.45) is 7.05 Å². The third-order valence-electron chi connectivity index (χ3n) is 4.89. The summed E-state index contributed by atoms with van der Waals surface area (Å²) in [5.74, 6) is 0. The maximum absolute atomic E-state index is 4.27. The molecule has 0 amide bonds. The smallest absolute Gasteiger partial charge is 0.0492 e. The van der Waals surface area contributed by atoms with E-state index in [4.69, 9.17) is 0 Å². The Labute approximate surface area is 121 Å². The number of hydrogen-bond acceptors (Lipinski definition) is 4. The Morgan fingerprint density at radius 3 is 2.70 bits per heavy atom. The van der Waals surface area contributed by atoms with E-state index >= 15 is 0 Å². The highest BCUT2D eigenvalue weighted by Gasteiger charge is 2.36. The lowest BCUT2D eigenvalue weighted by Crippen LogP contribution is -2.66. The normalized spacial score (nSPS) is 30.6. The molecule has 3 fully saturated rings. The third-order valence-corrected chi connectivity index (χ3v) is 4.89. The quantitative estimate of drug-likeness (QED) is 0.813. The first-order valence-corrected chi connectivity index (χ1v) is 7.94. The van der Waals surface area contributed by atoms with E-state index in [1.165, 1.54) is 44.8 Å². The Morgan fingerprint density at radius 2 is 2.15 bits per heavy atom. The molecule has 1 aromatic rings. The minimum atomic E-state index is 0.595. The zero-order chi connectivity index (χ0) is 13.9. The summed E-state index contributed by atoms with van der Waals surface area (Å²) in [7, 11) is 2.04. The molecule has 3 aliphatic rings. The van der Waals surface area contributed by atoms with Crippen LogP contribution in [0.2, 0.25) is 0 Å². The first kappa shape index (κ1) is 14.0. The molecule has 20 heavy (non-hydrogen) atoms. The van der Waals surface area contributed by atoms with Gasteiger partial charge in [-0.25, -0.2) is 0 Å². The fourth-order valence-corrected chi connectivity index (χ4v) is 3.68. The minimum Gasteiger partial charge on any atom is -0.313 e. The van der Waals surface area contributed by atoms with Gasteiger partial charge in [-0.2, -0.15) is 5.10 Å². The highest BCUT2D eigenvalue weighted by atomic mass is 15.4. The number of piperazine rings is 3. The first-order valence-electron chi connectivity index (χ1n) is 7.94. The predicted molar refractivity (Wildman–Crippen MR) is 80.8 cm³/mol. The molecule has 2 atom stereocenters. The fourth-order valence-electron chi connectivity index (χ4n) is 3.68. The zero-order valence-corrected chi connectivity index (χ0v) is 12.8. The van der Waals surface area contributed by atoms with Crippen LogP contribution in [0.3, 0.4) is 0 Å². The van der Waals surface area contributed by atoms with Gasteiger partial charge in [0.05, 0.1) is 0 Å². The van der Waals surface area contributed by atoms with E-state index in [1.54, 1.807) is 0 Å². The molecule has 3 saturated heterocycles. The number of rotatable bonds is 6. The standard InChI is InChI=1S/C15H27N5/c1-3-16-14(5-4-13-6-7-17-18(13)2)15-12-19-8-10-20(15)11-9-19/h6-7,14-16H,3-5,8-12H2,1-2H3. The van der Waals surface area contributed by atoms with Crippen LogP contribution in [-0.2, 0) is 13.5 Å². The van der Waals surface area contributed by atoms with Crippen molar-refractivity contribution in [3.63, 3.8) is 0 Å². The number of nitrogens with one attached hydrogen (secondary N) is 1. The van der Waals surface area contributed by atoms with E-state index in [-0.39, 0.29) is 0 Å². The molecule has 0 saturated carbocycles. The number of likely N-dealkylation sites (N-methyl/N-ethyl adjacent to an activating group) is 1. The lowest BCUT2D eigenvalue weighted by Gasteiger charge is -2.50. The summed E-state index contributed by atoms with van der Waals surface area (Å²) in [6.45, 7) is 9.53. The molecule has 112 valence electrons. The van der Waals surface area contributed by atoms with Crippen molar-refractivity contribution in [3.8, 4) is 0 Å². The second kappa shape index (κ2) is 6.24. The van der Waals surface area contributed by atoms with E-state index in [9.17, 15) is 0 Å². The Morgan fingerprint density at radius 1 is 1.35 bits per heavy atom. The lowest BCUT2D eigenvalue weighted by molar-refractivity contribution is -0.00422. The number of aromatic nitrogens is 2. The van der Waals surface area contributed by atoms with Crippen molar-refractivity contribution < 1.29 is 0 Å². The van der Waals surface area contributed by atoms with Gasteiger partial charge in [0.2, 0.25) is 0 Å². The van der Waals surface area contributed by atoms with Crippen molar-refractivity contribution in [1.29, 1.82) is 0 Å². The van der Waals surface area contributed by atoms with Crippen LogP contribution in [0.1, 0.15) is 19.0 Å². The van der Waals surface area contributed by atoms with Crippen LogP contribution in [-0.4, -0.2) is 70.9 Å². The van der Waals surface area contributed by atoms with E-state index in [1.807, 2.05) is 17.9 Å². The second-order valence-corrected chi connectivity index (χ2v) is 6.05. The maximum atomic E-state index is 4.27. The molecular weight excluding hydrogens is 250 g/mol. The summed E-state index contributed by atoms with van der Waals surface area (Å²) < 4.78 is 2.00. The number of hydrogen-bond donors (Lipinski definition) is 1. The highest BCUT2D eigenvalue weighted by molar-refractivity contribution is 5.02. The Bertz CT molecular complexity index is 422. The van der Waals surface area contributed by atoms with Crippen molar-refractivity contribution in [1.82, 2.24) is 24.9 Å². The number of nitrogens with zero attached hydrogens (tertiary/aromatic N) is 4. The van der Waals surface area contributed by atoms with Crippen molar-refractivity contribution in [3.05, 3.63) is 18.0 Å². The molecule has 4 rings (SSSR count). The summed E-state index contributed by atoms with van der Waals surface area (Å²) in [5, 5.41) is 7.99. The van der Waals surface area contributed by atoms with E-state index in [0.29, 0.717) is 12.1 Å². The van der Waals surface area contributed by atoms with Crippen LogP contribution in [0.15, 0.2) is 12.3 Å². The van der Waals surface area contributed by atoms with E-state index in [0.717, 1.165) is 13.0 Å². The molecule has 2 bridgehead atoms.